The molecule has 0 aliphatic carbocycles. The van der Waals surface area contributed by atoms with Crippen molar-refractivity contribution in [1.82, 2.24) is 5.32 Å². The van der Waals surface area contributed by atoms with Crippen molar-refractivity contribution in [3.8, 4) is 5.75 Å². The fourth-order valence-corrected chi connectivity index (χ4v) is 3.01. The van der Waals surface area contributed by atoms with Crippen molar-refractivity contribution in [2.75, 3.05) is 6.26 Å². The Hall–Kier alpha value is -2.35. The van der Waals surface area contributed by atoms with E-state index in [1.807, 2.05) is 0 Å². The van der Waals surface area contributed by atoms with E-state index in [4.69, 9.17) is 0 Å². The van der Waals surface area contributed by atoms with Crippen molar-refractivity contribution in [3.63, 3.8) is 0 Å². The molecule has 2 aromatic carbocycles. The van der Waals surface area contributed by atoms with E-state index in [1.54, 1.807) is 37.4 Å². The van der Waals surface area contributed by atoms with Crippen molar-refractivity contribution in [1.29, 1.82) is 0 Å². The van der Waals surface area contributed by atoms with Crippen LogP contribution in [0.4, 0.5) is 13.2 Å². The zero-order chi connectivity index (χ0) is 19.3. The highest BCUT2D eigenvalue weighted by atomic mass is 32.2. The van der Waals surface area contributed by atoms with Crippen molar-refractivity contribution in [2.24, 2.45) is 0 Å². The van der Waals surface area contributed by atoms with E-state index in [1.165, 1.54) is 24.3 Å². The molecule has 0 aromatic heterocycles. The van der Waals surface area contributed by atoms with Crippen molar-refractivity contribution >= 4 is 16.7 Å². The van der Waals surface area contributed by atoms with Gasteiger partial charge >= 0.3 is 6.36 Å². The number of rotatable bonds is 6. The summed E-state index contributed by atoms with van der Waals surface area (Å²) in [6, 6.07) is 11.7. The molecule has 0 fully saturated rings. The monoisotopic (exact) mass is 385 g/mol. The van der Waals surface area contributed by atoms with Gasteiger partial charge in [0.1, 0.15) is 5.75 Å². The van der Waals surface area contributed by atoms with Crippen LogP contribution in [0.1, 0.15) is 34.5 Å². The molecule has 0 radical (unpaired) electrons. The van der Waals surface area contributed by atoms with Gasteiger partial charge in [-0.25, -0.2) is 0 Å². The molecule has 0 aliphatic heterocycles. The van der Waals surface area contributed by atoms with E-state index in [0.717, 1.165) is 5.56 Å². The van der Waals surface area contributed by atoms with E-state index in [0.29, 0.717) is 16.9 Å². The summed E-state index contributed by atoms with van der Waals surface area (Å²) in [5.41, 5.74) is 1.86. The Morgan fingerprint density at radius 1 is 1.19 bits per heavy atom. The predicted octanol–water partition coefficient (Wildman–Crippen LogP) is 3.95. The molecule has 1 amide bonds. The molecule has 0 unspecified atom stereocenters. The average molecular weight is 385 g/mol. The first kappa shape index (κ1) is 20.0. The molecule has 4 nitrogen and oxygen atoms in total. The zero-order valence-corrected chi connectivity index (χ0v) is 15.0. The Balaban J connectivity index is 2.03. The van der Waals surface area contributed by atoms with Gasteiger partial charge in [0.2, 0.25) is 0 Å². The molecular weight excluding hydrogens is 367 g/mol. The highest BCUT2D eigenvalue weighted by Crippen LogP contribution is 2.24. The average Bonchev–Trinajstić information content (AvgIpc) is 2.53. The summed E-state index contributed by atoms with van der Waals surface area (Å²) < 4.78 is 51.6. The number of nitrogens with one attached hydrogen (secondary N) is 1. The molecule has 0 spiro atoms. The summed E-state index contributed by atoms with van der Waals surface area (Å²) in [5, 5.41) is 2.78. The van der Waals surface area contributed by atoms with Gasteiger partial charge in [-0.2, -0.15) is 0 Å². The lowest BCUT2D eigenvalue weighted by atomic mass is 10.1. The van der Waals surface area contributed by atoms with Crippen LogP contribution < -0.4 is 10.1 Å². The number of hydrogen-bond acceptors (Lipinski definition) is 3. The minimum atomic E-state index is -4.74. The third-order valence-corrected chi connectivity index (χ3v) is 4.26. The first-order valence-electron chi connectivity index (χ1n) is 7.69. The van der Waals surface area contributed by atoms with Crippen molar-refractivity contribution in [2.45, 2.75) is 25.1 Å². The minimum absolute atomic E-state index is 0.319. The summed E-state index contributed by atoms with van der Waals surface area (Å²) in [4.78, 5) is 12.4. The smallest absolute Gasteiger partial charge is 0.406 e. The van der Waals surface area contributed by atoms with Crippen molar-refractivity contribution in [3.05, 3.63) is 65.2 Å². The van der Waals surface area contributed by atoms with Crippen LogP contribution in [0.15, 0.2) is 48.5 Å². The SMILES string of the molecule is C[C@H](NC(=O)c1cccc(C[S@](C)=O)c1)c1ccc(OC(F)(F)F)cc1. The molecule has 140 valence electrons. The van der Waals surface area contributed by atoms with Gasteiger partial charge in [-0.3, -0.25) is 9.00 Å². The van der Waals surface area contributed by atoms with Crippen molar-refractivity contribution < 1.29 is 26.9 Å². The largest absolute Gasteiger partial charge is 0.573 e. The van der Waals surface area contributed by atoms with Crippen LogP contribution in [0.2, 0.25) is 0 Å². The second-order valence-corrected chi connectivity index (χ2v) is 7.16. The fraction of sp³-hybridized carbons (Fsp3) is 0.278. The lowest BCUT2D eigenvalue weighted by Gasteiger charge is -2.16. The van der Waals surface area contributed by atoms with E-state index in [2.05, 4.69) is 10.1 Å². The molecule has 26 heavy (non-hydrogen) atoms. The molecule has 0 bridgehead atoms. The maximum atomic E-state index is 12.4. The highest BCUT2D eigenvalue weighted by molar-refractivity contribution is 7.83. The Morgan fingerprint density at radius 2 is 1.85 bits per heavy atom. The second kappa shape index (κ2) is 8.35. The zero-order valence-electron chi connectivity index (χ0n) is 14.2. The second-order valence-electron chi connectivity index (χ2n) is 5.73. The lowest BCUT2D eigenvalue weighted by molar-refractivity contribution is -0.274. The lowest BCUT2D eigenvalue weighted by Crippen LogP contribution is -2.26. The fourth-order valence-electron chi connectivity index (χ4n) is 2.36. The van der Waals surface area contributed by atoms with Crippen LogP contribution in [0.5, 0.6) is 5.75 Å². The normalized spacial score (nSPS) is 13.7. The van der Waals surface area contributed by atoms with Gasteiger partial charge in [0.25, 0.3) is 5.91 Å². The van der Waals surface area contributed by atoms with Crippen LogP contribution in [0.25, 0.3) is 0 Å². The maximum Gasteiger partial charge on any atom is 0.573 e. The number of amides is 1. The van der Waals surface area contributed by atoms with E-state index >= 15 is 0 Å². The summed E-state index contributed by atoms with van der Waals surface area (Å²) in [7, 11) is -1.01. The molecule has 2 rings (SSSR count). The van der Waals surface area contributed by atoms with Gasteiger partial charge in [-0.1, -0.05) is 24.3 Å². The number of hydrogen-bond donors (Lipinski definition) is 1. The van der Waals surface area contributed by atoms with Crippen LogP contribution in [0.3, 0.4) is 0 Å². The molecule has 2 atom stereocenters. The first-order valence-corrected chi connectivity index (χ1v) is 9.42. The molecular formula is C18H18F3NO3S. The van der Waals surface area contributed by atoms with Crippen LogP contribution in [0, 0.1) is 0 Å². The third-order valence-electron chi connectivity index (χ3n) is 3.52. The number of carbonyl (C=O) groups excluding carboxylic acids is 1. The van der Waals surface area contributed by atoms with Gasteiger partial charge in [0.15, 0.2) is 0 Å². The Bertz CT molecular complexity index is 791. The molecule has 8 heteroatoms. The van der Waals surface area contributed by atoms with Gasteiger partial charge in [-0.15, -0.1) is 13.2 Å². The maximum absolute atomic E-state index is 12.4. The van der Waals surface area contributed by atoms with Gasteiger partial charge in [0.05, 0.1) is 6.04 Å². The standard InChI is InChI=1S/C18H18F3NO3S/c1-12(14-6-8-16(9-7-14)25-18(19,20)21)22-17(23)15-5-3-4-13(10-15)11-26(2)24/h3-10,12H,11H2,1-2H3,(H,22,23)/t12-,26-/m0/s1. The Labute approximate surface area is 151 Å². The van der Waals surface area contributed by atoms with Gasteiger partial charge in [-0.05, 0) is 42.3 Å². The third kappa shape index (κ3) is 6.18. The quantitative estimate of drug-likeness (QED) is 0.819. The minimum Gasteiger partial charge on any atom is -0.406 e. The number of halogens is 3. The summed E-state index contributed by atoms with van der Waals surface area (Å²) in [5.74, 6) is -0.283. The van der Waals surface area contributed by atoms with Crippen LogP contribution in [-0.4, -0.2) is 22.7 Å². The summed E-state index contributed by atoms with van der Waals surface area (Å²) >= 11 is 0. The number of carbonyl (C=O) groups is 1. The molecule has 0 saturated carbocycles. The van der Waals surface area contributed by atoms with Crippen LogP contribution >= 0.6 is 0 Å². The molecule has 2 aromatic rings. The summed E-state index contributed by atoms with van der Waals surface area (Å²) in [6.07, 6.45) is -3.16. The molecule has 0 aliphatic rings. The van der Waals surface area contributed by atoms with Crippen LogP contribution in [-0.2, 0) is 16.6 Å². The highest BCUT2D eigenvalue weighted by Gasteiger charge is 2.31. The van der Waals surface area contributed by atoms with E-state index in [9.17, 15) is 22.2 Å². The van der Waals surface area contributed by atoms with E-state index in [-0.39, 0.29) is 11.7 Å². The summed E-state index contributed by atoms with van der Waals surface area (Å²) in [6.45, 7) is 1.72. The van der Waals surface area contributed by atoms with E-state index < -0.39 is 23.2 Å². The molecule has 1 N–H and O–H groups in total. The first-order chi connectivity index (χ1) is 12.1. The number of benzene rings is 2. The predicted molar refractivity (Wildman–Crippen MR) is 93.2 cm³/mol. The topological polar surface area (TPSA) is 55.4 Å². The van der Waals surface area contributed by atoms with Gasteiger partial charge < -0.3 is 10.1 Å². The Morgan fingerprint density at radius 3 is 2.42 bits per heavy atom. The number of ether oxygens (including phenoxy) is 1. The molecule has 0 heterocycles. The number of alkyl halides is 3. The van der Waals surface area contributed by atoms with Gasteiger partial charge in [0, 0.05) is 28.4 Å². The molecule has 0 saturated heterocycles. The Kier molecular flexibility index (Phi) is 6.42.